The Kier molecular flexibility index (Phi) is 6.24. The summed E-state index contributed by atoms with van der Waals surface area (Å²) in [5.74, 6) is 1.91. The summed E-state index contributed by atoms with van der Waals surface area (Å²) in [5, 5.41) is 11.8. The van der Waals surface area contributed by atoms with Crippen LogP contribution in [0.3, 0.4) is 0 Å². The fourth-order valence-corrected chi connectivity index (χ4v) is 5.32. The van der Waals surface area contributed by atoms with Crippen LogP contribution in [0.1, 0.15) is 50.7 Å². The lowest BCUT2D eigenvalue weighted by Crippen LogP contribution is -2.48. The predicted octanol–water partition coefficient (Wildman–Crippen LogP) is 4.67. The second-order valence-electron chi connectivity index (χ2n) is 8.95. The maximum Gasteiger partial charge on any atom is 0.335 e. The molecule has 1 heterocycles. The van der Waals surface area contributed by atoms with Crippen LogP contribution in [0, 0.1) is 11.8 Å². The van der Waals surface area contributed by atoms with Gasteiger partial charge in [0.05, 0.1) is 12.7 Å². The van der Waals surface area contributed by atoms with E-state index in [0.29, 0.717) is 30.3 Å². The molecular formula is C26H32O5. The second kappa shape index (κ2) is 8.91. The van der Waals surface area contributed by atoms with Gasteiger partial charge < -0.3 is 19.3 Å². The average molecular weight is 425 g/mol. The van der Waals surface area contributed by atoms with E-state index in [-0.39, 0.29) is 5.92 Å². The zero-order valence-electron chi connectivity index (χ0n) is 18.6. The molecule has 4 atom stereocenters. The van der Waals surface area contributed by atoms with Crippen molar-refractivity contribution in [3.63, 3.8) is 0 Å². The summed E-state index contributed by atoms with van der Waals surface area (Å²) in [6, 6.07) is 4.07. The van der Waals surface area contributed by atoms with Crippen LogP contribution in [-0.4, -0.2) is 29.9 Å². The van der Waals surface area contributed by atoms with Crippen molar-refractivity contribution in [2.45, 2.75) is 64.1 Å². The van der Waals surface area contributed by atoms with E-state index in [1.54, 1.807) is 19.3 Å². The number of carbonyl (C=O) groups is 1. The molecule has 5 nitrogen and oxygen atoms in total. The molecule has 166 valence electrons. The number of aliphatic hydroxyl groups is 1. The van der Waals surface area contributed by atoms with E-state index in [1.807, 2.05) is 25.1 Å². The largest absolute Gasteiger partial charge is 0.493 e. The smallest absolute Gasteiger partial charge is 0.335 e. The molecule has 1 N–H and O–H groups in total. The minimum atomic E-state index is -0.907. The van der Waals surface area contributed by atoms with Crippen LogP contribution in [0.15, 0.2) is 48.3 Å². The molecule has 5 heteroatoms. The Morgan fingerprint density at radius 3 is 2.94 bits per heavy atom. The van der Waals surface area contributed by atoms with Crippen molar-refractivity contribution in [2.24, 2.45) is 11.8 Å². The number of fused-ring (bicyclic) bond motifs is 4. The minimum absolute atomic E-state index is 0.111. The monoisotopic (exact) mass is 424 g/mol. The maximum absolute atomic E-state index is 12.3. The Morgan fingerprint density at radius 1 is 1.32 bits per heavy atom. The van der Waals surface area contributed by atoms with Crippen LogP contribution in [-0.2, 0) is 22.4 Å². The van der Waals surface area contributed by atoms with Crippen LogP contribution in [0.2, 0.25) is 0 Å². The molecular weight excluding hydrogens is 392 g/mol. The fraction of sp³-hybridized carbons (Fsp3) is 0.500. The molecule has 0 radical (unpaired) electrons. The average Bonchev–Trinajstić information content (AvgIpc) is 2.74. The van der Waals surface area contributed by atoms with Crippen LogP contribution in [0.25, 0.3) is 0 Å². The van der Waals surface area contributed by atoms with Crippen molar-refractivity contribution >= 4 is 5.97 Å². The lowest BCUT2D eigenvalue weighted by atomic mass is 9.67. The third-order valence-electron chi connectivity index (χ3n) is 6.97. The van der Waals surface area contributed by atoms with Crippen molar-refractivity contribution in [1.82, 2.24) is 0 Å². The summed E-state index contributed by atoms with van der Waals surface area (Å²) < 4.78 is 17.8. The van der Waals surface area contributed by atoms with Gasteiger partial charge in [0.2, 0.25) is 0 Å². The summed E-state index contributed by atoms with van der Waals surface area (Å²) in [4.78, 5) is 12.3. The van der Waals surface area contributed by atoms with Crippen molar-refractivity contribution in [3.05, 3.63) is 59.4 Å². The zero-order chi connectivity index (χ0) is 22.0. The highest BCUT2D eigenvalue weighted by Gasteiger charge is 2.47. The van der Waals surface area contributed by atoms with Gasteiger partial charge in [0.1, 0.15) is 5.76 Å². The molecule has 4 rings (SSSR count). The van der Waals surface area contributed by atoms with Gasteiger partial charge in [-0.3, -0.25) is 0 Å². The van der Waals surface area contributed by atoms with E-state index in [0.717, 1.165) is 37.0 Å². The number of benzene rings is 1. The van der Waals surface area contributed by atoms with Gasteiger partial charge in [-0.1, -0.05) is 37.6 Å². The van der Waals surface area contributed by atoms with E-state index < -0.39 is 17.7 Å². The molecule has 1 unspecified atom stereocenters. The minimum Gasteiger partial charge on any atom is -0.493 e. The molecule has 1 aliphatic heterocycles. The maximum atomic E-state index is 12.3. The SMILES string of the molecule is C/C=C/C=C/C(=O)OC1=CC[C@]2(O)C[C@H]1Oc1c(OC)ccc3c1CCCC(C)[C@@H]2C3. The van der Waals surface area contributed by atoms with Crippen LogP contribution >= 0.6 is 0 Å². The molecule has 6 bridgehead atoms. The molecule has 0 aromatic heterocycles. The van der Waals surface area contributed by atoms with Crippen LogP contribution in [0.5, 0.6) is 11.5 Å². The van der Waals surface area contributed by atoms with Gasteiger partial charge in [-0.25, -0.2) is 4.79 Å². The Hall–Kier alpha value is -2.53. The van der Waals surface area contributed by atoms with E-state index >= 15 is 0 Å². The summed E-state index contributed by atoms with van der Waals surface area (Å²) in [6.45, 7) is 4.13. The number of hydrogen-bond acceptors (Lipinski definition) is 5. The molecule has 0 fully saturated rings. The highest BCUT2D eigenvalue weighted by molar-refractivity contribution is 5.83. The number of ether oxygens (including phenoxy) is 3. The van der Waals surface area contributed by atoms with Gasteiger partial charge in [-0.05, 0) is 62.1 Å². The number of rotatable bonds is 4. The Bertz CT molecular complexity index is 928. The Balaban J connectivity index is 1.76. The molecule has 2 aliphatic carbocycles. The van der Waals surface area contributed by atoms with Gasteiger partial charge in [0, 0.05) is 18.1 Å². The van der Waals surface area contributed by atoms with Gasteiger partial charge >= 0.3 is 5.97 Å². The first kappa shape index (κ1) is 21.7. The quantitative estimate of drug-likeness (QED) is 0.432. The molecule has 1 aromatic rings. The number of hydrogen-bond donors (Lipinski definition) is 1. The Labute approximate surface area is 184 Å². The van der Waals surface area contributed by atoms with Crippen molar-refractivity contribution < 1.29 is 24.1 Å². The summed E-state index contributed by atoms with van der Waals surface area (Å²) in [7, 11) is 1.64. The number of carbonyl (C=O) groups excluding carboxylic acids is 1. The summed E-state index contributed by atoms with van der Waals surface area (Å²) in [6.07, 6.45) is 12.6. The van der Waals surface area contributed by atoms with Gasteiger partial charge in [0.15, 0.2) is 17.6 Å². The summed E-state index contributed by atoms with van der Waals surface area (Å²) >= 11 is 0. The highest BCUT2D eigenvalue weighted by Crippen LogP contribution is 2.48. The Morgan fingerprint density at radius 2 is 2.16 bits per heavy atom. The molecule has 0 spiro atoms. The lowest BCUT2D eigenvalue weighted by molar-refractivity contribution is -0.137. The van der Waals surface area contributed by atoms with E-state index in [9.17, 15) is 9.90 Å². The molecule has 0 amide bonds. The molecule has 0 saturated heterocycles. The van der Waals surface area contributed by atoms with E-state index in [1.165, 1.54) is 11.6 Å². The third kappa shape index (κ3) is 4.29. The van der Waals surface area contributed by atoms with Crippen molar-refractivity contribution in [2.75, 3.05) is 7.11 Å². The summed E-state index contributed by atoms with van der Waals surface area (Å²) in [5.41, 5.74) is 1.47. The van der Waals surface area contributed by atoms with Gasteiger partial charge in [-0.15, -0.1) is 0 Å². The van der Waals surface area contributed by atoms with E-state index in [2.05, 4.69) is 13.0 Å². The number of methoxy groups -OCH3 is 1. The lowest BCUT2D eigenvalue weighted by Gasteiger charge is -2.43. The van der Waals surface area contributed by atoms with Gasteiger partial charge in [-0.2, -0.15) is 0 Å². The first-order valence-electron chi connectivity index (χ1n) is 11.2. The molecule has 3 aliphatic rings. The number of esters is 1. The second-order valence-corrected chi connectivity index (χ2v) is 8.95. The zero-order valence-corrected chi connectivity index (χ0v) is 18.6. The number of allylic oxidation sites excluding steroid dienone is 3. The van der Waals surface area contributed by atoms with Crippen LogP contribution < -0.4 is 9.47 Å². The highest BCUT2D eigenvalue weighted by atomic mass is 16.6. The molecule has 1 aromatic carbocycles. The normalized spacial score (nSPS) is 29.9. The first-order chi connectivity index (χ1) is 14.9. The third-order valence-corrected chi connectivity index (χ3v) is 6.97. The van der Waals surface area contributed by atoms with Crippen LogP contribution in [0.4, 0.5) is 0 Å². The van der Waals surface area contributed by atoms with E-state index in [4.69, 9.17) is 14.2 Å². The van der Waals surface area contributed by atoms with Crippen molar-refractivity contribution in [3.8, 4) is 11.5 Å². The molecule has 0 saturated carbocycles. The fourth-order valence-electron chi connectivity index (χ4n) is 5.32. The predicted molar refractivity (Wildman–Crippen MR) is 119 cm³/mol. The standard InChI is InChI=1S/C26H32O5/c1-4-5-6-10-24(27)30-21-13-14-26(28)16-23(21)31-25-19-9-7-8-17(2)20(26)15-18(19)11-12-22(25)29-3/h4-6,10-13,17,20,23,28H,7-9,14-16H2,1-3H3/b5-4+,10-6+/t17?,20-,23+,26-/m0/s1. The molecule has 31 heavy (non-hydrogen) atoms. The van der Waals surface area contributed by atoms with Gasteiger partial charge in [0.25, 0.3) is 0 Å². The topological polar surface area (TPSA) is 65.0 Å². The van der Waals surface area contributed by atoms with Crippen molar-refractivity contribution in [1.29, 1.82) is 0 Å². The first-order valence-corrected chi connectivity index (χ1v) is 11.2.